The van der Waals surface area contributed by atoms with Crippen molar-refractivity contribution in [1.82, 2.24) is 5.32 Å². The lowest BCUT2D eigenvalue weighted by atomic mass is 10.1. The summed E-state index contributed by atoms with van der Waals surface area (Å²) < 4.78 is 5.06. The Kier molecular flexibility index (Phi) is 5.56. The molecule has 0 unspecified atom stereocenters. The second-order valence-electron chi connectivity index (χ2n) is 5.59. The number of thiophene rings is 1. The van der Waals surface area contributed by atoms with Gasteiger partial charge in [-0.3, -0.25) is 0 Å². The van der Waals surface area contributed by atoms with E-state index in [1.807, 2.05) is 19.1 Å². The van der Waals surface area contributed by atoms with Crippen LogP contribution in [0.3, 0.4) is 0 Å². The standard InChI is InChI=1S/C14H21NO4S/c1-9-5-6-10(20-9)7-8-11(12(16)17)15-13(18)19-14(2,3)4/h5-6,11H,7-8H2,1-4H3,(H,15,18)(H,16,17)/t11-/m0/s1. The minimum absolute atomic E-state index is 0.342. The lowest BCUT2D eigenvalue weighted by molar-refractivity contribution is -0.139. The van der Waals surface area contributed by atoms with Gasteiger partial charge in [0.2, 0.25) is 0 Å². The number of hydrogen-bond donors (Lipinski definition) is 2. The molecule has 1 aromatic rings. The number of alkyl carbamates (subject to hydrolysis) is 1. The highest BCUT2D eigenvalue weighted by Crippen LogP contribution is 2.17. The van der Waals surface area contributed by atoms with E-state index in [9.17, 15) is 9.59 Å². The smallest absolute Gasteiger partial charge is 0.408 e. The van der Waals surface area contributed by atoms with Crippen molar-refractivity contribution >= 4 is 23.4 Å². The molecule has 0 aromatic carbocycles. The summed E-state index contributed by atoms with van der Waals surface area (Å²) in [6.07, 6.45) is 0.257. The van der Waals surface area contributed by atoms with Gasteiger partial charge < -0.3 is 15.2 Å². The topological polar surface area (TPSA) is 75.6 Å². The van der Waals surface area contributed by atoms with Gasteiger partial charge in [-0.1, -0.05) is 0 Å². The highest BCUT2D eigenvalue weighted by Gasteiger charge is 2.23. The summed E-state index contributed by atoms with van der Waals surface area (Å²) in [6, 6.07) is 3.04. The molecule has 1 aromatic heterocycles. The second kappa shape index (κ2) is 6.74. The highest BCUT2D eigenvalue weighted by molar-refractivity contribution is 7.11. The van der Waals surface area contributed by atoms with Gasteiger partial charge in [0.05, 0.1) is 0 Å². The number of carbonyl (C=O) groups excluding carboxylic acids is 1. The number of aliphatic carboxylic acids is 1. The molecule has 0 bridgehead atoms. The number of aryl methyl sites for hydroxylation is 2. The Balaban J connectivity index is 2.52. The van der Waals surface area contributed by atoms with Crippen molar-refractivity contribution in [3.05, 3.63) is 21.9 Å². The minimum Gasteiger partial charge on any atom is -0.480 e. The Morgan fingerprint density at radius 2 is 2.05 bits per heavy atom. The first-order chi connectivity index (χ1) is 9.17. The van der Waals surface area contributed by atoms with E-state index in [0.29, 0.717) is 12.8 Å². The molecule has 0 fully saturated rings. The Bertz CT molecular complexity index is 476. The van der Waals surface area contributed by atoms with Crippen molar-refractivity contribution in [2.75, 3.05) is 0 Å². The van der Waals surface area contributed by atoms with Crippen molar-refractivity contribution in [2.24, 2.45) is 0 Å². The normalized spacial score (nSPS) is 12.8. The molecule has 0 saturated carbocycles. The first-order valence-electron chi connectivity index (χ1n) is 6.45. The molecule has 1 atom stereocenters. The third-order valence-electron chi connectivity index (χ3n) is 2.46. The highest BCUT2D eigenvalue weighted by atomic mass is 32.1. The predicted octanol–water partition coefficient (Wildman–Crippen LogP) is 2.97. The molecular formula is C14H21NO4S. The molecule has 1 amide bonds. The molecule has 0 aliphatic carbocycles. The maximum atomic E-state index is 11.6. The number of hydrogen-bond acceptors (Lipinski definition) is 4. The molecule has 1 heterocycles. The molecule has 112 valence electrons. The van der Waals surface area contributed by atoms with Gasteiger partial charge in [0.1, 0.15) is 11.6 Å². The van der Waals surface area contributed by atoms with Crippen LogP contribution in [-0.2, 0) is 16.0 Å². The van der Waals surface area contributed by atoms with E-state index >= 15 is 0 Å². The number of rotatable bonds is 5. The average molecular weight is 299 g/mol. The summed E-state index contributed by atoms with van der Waals surface area (Å²) in [5, 5.41) is 11.5. The van der Waals surface area contributed by atoms with Gasteiger partial charge in [-0.2, -0.15) is 0 Å². The Labute approximate surface area is 123 Å². The Morgan fingerprint density at radius 3 is 2.50 bits per heavy atom. The van der Waals surface area contributed by atoms with Crippen molar-refractivity contribution in [3.63, 3.8) is 0 Å². The zero-order chi connectivity index (χ0) is 15.3. The fourth-order valence-electron chi connectivity index (χ4n) is 1.61. The number of nitrogens with one attached hydrogen (secondary N) is 1. The minimum atomic E-state index is -1.05. The third-order valence-corrected chi connectivity index (χ3v) is 3.52. The molecule has 0 aliphatic rings. The molecule has 1 rings (SSSR count). The lowest BCUT2D eigenvalue weighted by Crippen LogP contribution is -2.43. The van der Waals surface area contributed by atoms with Gasteiger partial charge in [0, 0.05) is 9.75 Å². The first kappa shape index (κ1) is 16.5. The summed E-state index contributed by atoms with van der Waals surface area (Å²) in [4.78, 5) is 25.1. The van der Waals surface area contributed by atoms with Crippen LogP contribution in [0.5, 0.6) is 0 Å². The Hall–Kier alpha value is -1.56. The summed E-state index contributed by atoms with van der Waals surface area (Å²) in [5.41, 5.74) is -0.641. The molecule has 0 radical (unpaired) electrons. The van der Waals surface area contributed by atoms with Crippen LogP contribution in [0, 0.1) is 6.92 Å². The van der Waals surface area contributed by atoms with E-state index in [2.05, 4.69) is 5.32 Å². The summed E-state index contributed by atoms with van der Waals surface area (Å²) >= 11 is 1.63. The van der Waals surface area contributed by atoms with Crippen LogP contribution in [0.4, 0.5) is 4.79 Å². The van der Waals surface area contributed by atoms with Crippen LogP contribution < -0.4 is 5.32 Å². The fourth-order valence-corrected chi connectivity index (χ4v) is 2.52. The van der Waals surface area contributed by atoms with E-state index < -0.39 is 23.7 Å². The predicted molar refractivity (Wildman–Crippen MR) is 78.2 cm³/mol. The molecule has 2 N–H and O–H groups in total. The van der Waals surface area contributed by atoms with Gasteiger partial charge in [0.25, 0.3) is 0 Å². The van der Waals surface area contributed by atoms with Gasteiger partial charge in [-0.05, 0) is 52.7 Å². The lowest BCUT2D eigenvalue weighted by Gasteiger charge is -2.21. The van der Waals surface area contributed by atoms with Crippen LogP contribution in [0.25, 0.3) is 0 Å². The summed E-state index contributed by atoms with van der Waals surface area (Å²) in [7, 11) is 0. The number of amides is 1. The maximum absolute atomic E-state index is 11.6. The van der Waals surface area contributed by atoms with Crippen LogP contribution >= 0.6 is 11.3 Å². The largest absolute Gasteiger partial charge is 0.480 e. The SMILES string of the molecule is Cc1ccc(CC[C@H](NC(=O)OC(C)(C)C)C(=O)O)s1. The number of carboxylic acids is 1. The zero-order valence-corrected chi connectivity index (χ0v) is 13.0. The average Bonchev–Trinajstić information content (AvgIpc) is 2.67. The van der Waals surface area contributed by atoms with Gasteiger partial charge in [-0.15, -0.1) is 11.3 Å². The van der Waals surface area contributed by atoms with Crippen molar-refractivity contribution in [3.8, 4) is 0 Å². The fraction of sp³-hybridized carbons (Fsp3) is 0.571. The summed E-state index contributed by atoms with van der Waals surface area (Å²) in [5.74, 6) is -1.05. The van der Waals surface area contributed by atoms with E-state index in [-0.39, 0.29) is 0 Å². The van der Waals surface area contributed by atoms with Gasteiger partial charge in [-0.25, -0.2) is 9.59 Å². The molecule has 0 saturated heterocycles. The number of carbonyl (C=O) groups is 2. The third kappa shape index (κ3) is 6.06. The van der Waals surface area contributed by atoms with Crippen LogP contribution in [0.15, 0.2) is 12.1 Å². The van der Waals surface area contributed by atoms with Crippen LogP contribution in [-0.4, -0.2) is 28.8 Å². The summed E-state index contributed by atoms with van der Waals surface area (Å²) in [6.45, 7) is 7.20. The number of carboxylic acid groups (broad SMARTS) is 1. The second-order valence-corrected chi connectivity index (χ2v) is 6.96. The van der Waals surface area contributed by atoms with Gasteiger partial charge >= 0.3 is 12.1 Å². The Morgan fingerprint density at radius 1 is 1.40 bits per heavy atom. The molecule has 5 nitrogen and oxygen atoms in total. The molecule has 6 heteroatoms. The van der Waals surface area contributed by atoms with Crippen LogP contribution in [0.2, 0.25) is 0 Å². The van der Waals surface area contributed by atoms with E-state index in [0.717, 1.165) is 4.88 Å². The zero-order valence-electron chi connectivity index (χ0n) is 12.2. The van der Waals surface area contributed by atoms with Crippen molar-refractivity contribution in [2.45, 2.75) is 52.2 Å². The number of ether oxygens (including phenoxy) is 1. The van der Waals surface area contributed by atoms with Crippen LogP contribution in [0.1, 0.15) is 36.9 Å². The van der Waals surface area contributed by atoms with Gasteiger partial charge in [0.15, 0.2) is 0 Å². The van der Waals surface area contributed by atoms with E-state index in [1.54, 1.807) is 32.1 Å². The van der Waals surface area contributed by atoms with E-state index in [1.165, 1.54) is 4.88 Å². The van der Waals surface area contributed by atoms with E-state index in [4.69, 9.17) is 9.84 Å². The molecule has 0 aliphatic heterocycles. The maximum Gasteiger partial charge on any atom is 0.408 e. The quantitative estimate of drug-likeness (QED) is 0.876. The molecule has 0 spiro atoms. The van der Waals surface area contributed by atoms with Crippen molar-refractivity contribution < 1.29 is 19.4 Å². The molecule has 20 heavy (non-hydrogen) atoms. The first-order valence-corrected chi connectivity index (χ1v) is 7.26. The molecular weight excluding hydrogens is 278 g/mol. The monoisotopic (exact) mass is 299 g/mol. The van der Waals surface area contributed by atoms with Crippen molar-refractivity contribution in [1.29, 1.82) is 0 Å².